The van der Waals surface area contributed by atoms with Crippen LogP contribution in [0.1, 0.15) is 30.6 Å². The molecule has 0 spiro atoms. The van der Waals surface area contributed by atoms with E-state index in [1.54, 1.807) is 25.1 Å². The zero-order valence-electron chi connectivity index (χ0n) is 14.2. The molecule has 1 aromatic rings. The summed E-state index contributed by atoms with van der Waals surface area (Å²) >= 11 is 0. The molecule has 0 aliphatic carbocycles. The summed E-state index contributed by atoms with van der Waals surface area (Å²) in [5, 5.41) is 9.60. The monoisotopic (exact) mass is 337 g/mol. The van der Waals surface area contributed by atoms with Crippen LogP contribution in [0.2, 0.25) is 0 Å². The van der Waals surface area contributed by atoms with Crippen LogP contribution in [0.5, 0.6) is 11.5 Å². The fourth-order valence-electron chi connectivity index (χ4n) is 2.61. The number of carbonyl (C=O) groups is 2. The number of hydrogen-bond donors (Lipinski definition) is 1. The van der Waals surface area contributed by atoms with Gasteiger partial charge in [-0.3, -0.25) is 9.59 Å². The zero-order chi connectivity index (χ0) is 17.7. The molecule has 1 heterocycles. The lowest BCUT2D eigenvalue weighted by molar-refractivity contribution is -0.145. The summed E-state index contributed by atoms with van der Waals surface area (Å²) in [5.74, 6) is -0.0566. The van der Waals surface area contributed by atoms with Gasteiger partial charge in [0.25, 0.3) is 5.91 Å². The van der Waals surface area contributed by atoms with Gasteiger partial charge in [0.05, 0.1) is 25.7 Å². The van der Waals surface area contributed by atoms with Crippen molar-refractivity contribution in [3.63, 3.8) is 0 Å². The summed E-state index contributed by atoms with van der Waals surface area (Å²) in [5.41, 5.74) is 0.420. The van der Waals surface area contributed by atoms with E-state index in [1.165, 1.54) is 12.0 Å². The number of rotatable bonds is 7. The smallest absolute Gasteiger partial charge is 0.310 e. The second kappa shape index (κ2) is 8.01. The van der Waals surface area contributed by atoms with E-state index >= 15 is 0 Å². The number of benzene rings is 1. The van der Waals surface area contributed by atoms with E-state index in [0.717, 1.165) is 0 Å². The first kappa shape index (κ1) is 18.1. The van der Waals surface area contributed by atoms with Gasteiger partial charge in [0.1, 0.15) is 0 Å². The van der Waals surface area contributed by atoms with Gasteiger partial charge in [-0.25, -0.2) is 0 Å². The summed E-state index contributed by atoms with van der Waals surface area (Å²) in [6, 6.07) is 4.56. The number of nitrogens with zero attached hydrogens (tertiary/aromatic N) is 1. The maximum atomic E-state index is 12.9. The Kier molecular flexibility index (Phi) is 6.03. The van der Waals surface area contributed by atoms with Gasteiger partial charge in [0.2, 0.25) is 6.79 Å². The van der Waals surface area contributed by atoms with Crippen LogP contribution in [-0.2, 0) is 9.53 Å². The predicted octanol–water partition coefficient (Wildman–Crippen LogP) is 1.44. The molecule has 1 aromatic carbocycles. The Balaban J connectivity index is 2.25. The first-order valence-corrected chi connectivity index (χ1v) is 7.91. The molecule has 7 nitrogen and oxygen atoms in total. The number of hydrogen-bond acceptors (Lipinski definition) is 6. The highest BCUT2D eigenvalue weighted by Crippen LogP contribution is 2.33. The van der Waals surface area contributed by atoms with E-state index in [0.29, 0.717) is 23.5 Å². The van der Waals surface area contributed by atoms with E-state index in [-0.39, 0.29) is 31.9 Å². The molecule has 0 fully saturated rings. The molecule has 132 valence electrons. The zero-order valence-corrected chi connectivity index (χ0v) is 14.2. The lowest BCUT2D eigenvalue weighted by atomic mass is 10.1. The average Bonchev–Trinajstić information content (AvgIpc) is 3.07. The van der Waals surface area contributed by atoms with Gasteiger partial charge < -0.3 is 24.2 Å². The van der Waals surface area contributed by atoms with E-state index < -0.39 is 11.9 Å². The standard InChI is InChI=1S/C17H23NO6/c1-4-13(9-19)18(8-11(2)17(21)22-3)16(20)12-5-6-14-15(7-12)24-10-23-14/h5-7,11,13,19H,4,8-10H2,1-3H3. The molecule has 1 aliphatic heterocycles. The van der Waals surface area contributed by atoms with Gasteiger partial charge >= 0.3 is 5.97 Å². The lowest BCUT2D eigenvalue weighted by Gasteiger charge is -2.31. The van der Waals surface area contributed by atoms with Gasteiger partial charge in [-0.15, -0.1) is 0 Å². The number of ether oxygens (including phenoxy) is 3. The number of carbonyl (C=O) groups excluding carboxylic acids is 2. The largest absolute Gasteiger partial charge is 0.469 e. The van der Waals surface area contributed by atoms with Crippen molar-refractivity contribution in [1.82, 2.24) is 4.90 Å². The quantitative estimate of drug-likeness (QED) is 0.758. The van der Waals surface area contributed by atoms with Crippen molar-refractivity contribution >= 4 is 11.9 Å². The average molecular weight is 337 g/mol. The van der Waals surface area contributed by atoms with Gasteiger partial charge in [0, 0.05) is 12.1 Å². The fourth-order valence-corrected chi connectivity index (χ4v) is 2.61. The Bertz CT molecular complexity index is 599. The normalized spacial score (nSPS) is 14.8. The highest BCUT2D eigenvalue weighted by atomic mass is 16.7. The van der Waals surface area contributed by atoms with Gasteiger partial charge in [-0.1, -0.05) is 13.8 Å². The highest BCUT2D eigenvalue weighted by Gasteiger charge is 2.28. The van der Waals surface area contributed by atoms with Crippen molar-refractivity contribution in [2.45, 2.75) is 26.3 Å². The number of aliphatic hydroxyl groups excluding tert-OH is 1. The van der Waals surface area contributed by atoms with Crippen LogP contribution in [-0.4, -0.2) is 55.0 Å². The Hall–Kier alpha value is -2.28. The van der Waals surface area contributed by atoms with Crippen LogP contribution < -0.4 is 9.47 Å². The number of aliphatic hydroxyl groups is 1. The second-order valence-electron chi connectivity index (χ2n) is 5.69. The first-order valence-electron chi connectivity index (χ1n) is 7.91. The predicted molar refractivity (Wildman–Crippen MR) is 85.9 cm³/mol. The summed E-state index contributed by atoms with van der Waals surface area (Å²) in [7, 11) is 1.31. The molecule has 2 atom stereocenters. The fraction of sp³-hybridized carbons (Fsp3) is 0.529. The van der Waals surface area contributed by atoms with Crippen LogP contribution in [0, 0.1) is 5.92 Å². The second-order valence-corrected chi connectivity index (χ2v) is 5.69. The van der Waals surface area contributed by atoms with Crippen molar-refractivity contribution in [2.24, 2.45) is 5.92 Å². The molecule has 7 heteroatoms. The Morgan fingerprint density at radius 1 is 1.33 bits per heavy atom. The van der Waals surface area contributed by atoms with Crippen molar-refractivity contribution in [3.8, 4) is 11.5 Å². The maximum Gasteiger partial charge on any atom is 0.310 e. The van der Waals surface area contributed by atoms with E-state index in [2.05, 4.69) is 0 Å². The SMILES string of the molecule is CCC(CO)N(CC(C)C(=O)OC)C(=O)c1ccc2c(c1)OCO2. The number of fused-ring (bicyclic) bond motifs is 1. The molecule has 0 radical (unpaired) electrons. The van der Waals surface area contributed by atoms with Crippen LogP contribution in [0.25, 0.3) is 0 Å². The van der Waals surface area contributed by atoms with E-state index in [1.807, 2.05) is 6.92 Å². The molecule has 1 aliphatic rings. The number of amides is 1. The summed E-state index contributed by atoms with van der Waals surface area (Å²) in [6.07, 6.45) is 0.570. The third-order valence-electron chi connectivity index (χ3n) is 4.08. The number of methoxy groups -OCH3 is 1. The molecule has 1 N–H and O–H groups in total. The van der Waals surface area contributed by atoms with Gasteiger partial charge in [-0.2, -0.15) is 0 Å². The Morgan fingerprint density at radius 2 is 2.04 bits per heavy atom. The van der Waals surface area contributed by atoms with Crippen molar-refractivity contribution < 1.29 is 28.9 Å². The molecule has 0 aromatic heterocycles. The lowest BCUT2D eigenvalue weighted by Crippen LogP contribution is -2.45. The number of esters is 1. The maximum absolute atomic E-state index is 12.9. The van der Waals surface area contributed by atoms with Gasteiger partial charge in [0.15, 0.2) is 11.5 Å². The van der Waals surface area contributed by atoms with Crippen LogP contribution in [0.15, 0.2) is 18.2 Å². The van der Waals surface area contributed by atoms with Crippen LogP contribution in [0.3, 0.4) is 0 Å². The van der Waals surface area contributed by atoms with Crippen molar-refractivity contribution in [2.75, 3.05) is 27.1 Å². The molecule has 1 amide bonds. The highest BCUT2D eigenvalue weighted by molar-refractivity contribution is 5.95. The molecule has 2 unspecified atom stereocenters. The van der Waals surface area contributed by atoms with Crippen LogP contribution >= 0.6 is 0 Å². The third-order valence-corrected chi connectivity index (χ3v) is 4.08. The minimum absolute atomic E-state index is 0.129. The molecule has 0 saturated carbocycles. The minimum atomic E-state index is -0.492. The summed E-state index contributed by atoms with van der Waals surface area (Å²) in [4.78, 5) is 26.1. The Labute approximate surface area is 141 Å². The molecular formula is C17H23NO6. The summed E-state index contributed by atoms with van der Waals surface area (Å²) in [6.45, 7) is 3.68. The molecule has 0 saturated heterocycles. The van der Waals surface area contributed by atoms with E-state index in [4.69, 9.17) is 14.2 Å². The molecular weight excluding hydrogens is 314 g/mol. The summed E-state index contributed by atoms with van der Waals surface area (Å²) < 4.78 is 15.3. The first-order chi connectivity index (χ1) is 11.5. The van der Waals surface area contributed by atoms with Crippen molar-refractivity contribution in [1.29, 1.82) is 0 Å². The molecule has 0 bridgehead atoms. The molecule has 24 heavy (non-hydrogen) atoms. The minimum Gasteiger partial charge on any atom is -0.469 e. The molecule has 2 rings (SSSR count). The van der Waals surface area contributed by atoms with Crippen LogP contribution in [0.4, 0.5) is 0 Å². The van der Waals surface area contributed by atoms with E-state index in [9.17, 15) is 14.7 Å². The van der Waals surface area contributed by atoms with Gasteiger partial charge in [-0.05, 0) is 24.6 Å². The topological polar surface area (TPSA) is 85.3 Å². The third kappa shape index (κ3) is 3.79. The van der Waals surface area contributed by atoms with Crippen molar-refractivity contribution in [3.05, 3.63) is 23.8 Å². The Morgan fingerprint density at radius 3 is 2.67 bits per heavy atom.